The van der Waals surface area contributed by atoms with Crippen molar-refractivity contribution in [1.29, 1.82) is 0 Å². The summed E-state index contributed by atoms with van der Waals surface area (Å²) in [5, 5.41) is 9.59. The van der Waals surface area contributed by atoms with Crippen LogP contribution in [0.5, 0.6) is 5.75 Å². The molecule has 100 valence electrons. The SMILES string of the molecule is NCc1cc(F)ccc1OC1CS(=O)(=O)CC1O. The molecule has 5 nitrogen and oxygen atoms in total. The van der Waals surface area contributed by atoms with E-state index >= 15 is 0 Å². The Labute approximate surface area is 104 Å². The second-order valence-electron chi connectivity index (χ2n) is 4.26. The number of aliphatic hydroxyl groups excluding tert-OH is 1. The van der Waals surface area contributed by atoms with Crippen molar-refractivity contribution < 1.29 is 22.7 Å². The van der Waals surface area contributed by atoms with E-state index < -0.39 is 27.9 Å². The van der Waals surface area contributed by atoms with Crippen LogP contribution in [0.2, 0.25) is 0 Å². The first-order chi connectivity index (χ1) is 8.41. The van der Waals surface area contributed by atoms with Gasteiger partial charge in [-0.1, -0.05) is 0 Å². The number of ether oxygens (including phenoxy) is 1. The third-order valence-corrected chi connectivity index (χ3v) is 4.48. The van der Waals surface area contributed by atoms with E-state index in [2.05, 4.69) is 0 Å². The molecule has 1 aliphatic rings. The first kappa shape index (κ1) is 13.3. The van der Waals surface area contributed by atoms with Gasteiger partial charge >= 0.3 is 0 Å². The molecule has 0 radical (unpaired) electrons. The van der Waals surface area contributed by atoms with Gasteiger partial charge in [0.15, 0.2) is 9.84 Å². The van der Waals surface area contributed by atoms with Gasteiger partial charge in [0.05, 0.1) is 11.5 Å². The van der Waals surface area contributed by atoms with E-state index in [9.17, 15) is 17.9 Å². The fourth-order valence-electron chi connectivity index (χ4n) is 1.90. The normalized spacial score (nSPS) is 26.2. The van der Waals surface area contributed by atoms with Crippen molar-refractivity contribution in [2.75, 3.05) is 11.5 Å². The fraction of sp³-hybridized carbons (Fsp3) is 0.455. The van der Waals surface area contributed by atoms with Gasteiger partial charge in [0, 0.05) is 12.1 Å². The highest BCUT2D eigenvalue weighted by Gasteiger charge is 2.38. The number of sulfone groups is 1. The third-order valence-electron chi connectivity index (χ3n) is 2.79. The lowest BCUT2D eigenvalue weighted by atomic mass is 10.2. The largest absolute Gasteiger partial charge is 0.486 e. The number of hydrogen-bond donors (Lipinski definition) is 2. The molecule has 1 saturated heterocycles. The zero-order chi connectivity index (χ0) is 13.3. The van der Waals surface area contributed by atoms with Crippen LogP contribution in [0.3, 0.4) is 0 Å². The molecule has 18 heavy (non-hydrogen) atoms. The zero-order valence-corrected chi connectivity index (χ0v) is 10.4. The topological polar surface area (TPSA) is 89.6 Å². The lowest BCUT2D eigenvalue weighted by Crippen LogP contribution is -2.30. The van der Waals surface area contributed by atoms with Crippen LogP contribution in [0.4, 0.5) is 4.39 Å². The van der Waals surface area contributed by atoms with E-state index in [-0.39, 0.29) is 18.1 Å². The molecule has 0 bridgehead atoms. The van der Waals surface area contributed by atoms with Gasteiger partial charge in [-0.05, 0) is 18.2 Å². The molecule has 0 saturated carbocycles. The maximum absolute atomic E-state index is 13.0. The highest BCUT2D eigenvalue weighted by molar-refractivity contribution is 7.91. The molecule has 2 atom stereocenters. The van der Waals surface area contributed by atoms with E-state index in [1.165, 1.54) is 18.2 Å². The predicted molar refractivity (Wildman–Crippen MR) is 63.4 cm³/mol. The molecule has 0 spiro atoms. The van der Waals surface area contributed by atoms with E-state index in [1.54, 1.807) is 0 Å². The Morgan fingerprint density at radius 1 is 1.44 bits per heavy atom. The molecular formula is C11H14FNO4S. The molecular weight excluding hydrogens is 261 g/mol. The second kappa shape index (κ2) is 4.83. The summed E-state index contributed by atoms with van der Waals surface area (Å²) in [5.74, 6) is -0.686. The highest BCUT2D eigenvalue weighted by Crippen LogP contribution is 2.24. The van der Waals surface area contributed by atoms with Gasteiger partial charge < -0.3 is 15.6 Å². The standard InChI is InChI=1S/C11H14FNO4S/c12-8-1-2-10(7(3-8)4-13)17-11-6-18(15,16)5-9(11)14/h1-3,9,11,14H,4-6,13H2. The van der Waals surface area contributed by atoms with Crippen molar-refractivity contribution in [2.45, 2.75) is 18.8 Å². The lowest BCUT2D eigenvalue weighted by Gasteiger charge is -2.17. The molecule has 2 unspecified atom stereocenters. The minimum absolute atomic E-state index is 0.0721. The Bertz CT molecular complexity index is 546. The fourth-order valence-corrected chi connectivity index (χ4v) is 3.56. The van der Waals surface area contributed by atoms with Crippen LogP contribution in [0.1, 0.15) is 5.56 Å². The van der Waals surface area contributed by atoms with Gasteiger partial charge in [-0.2, -0.15) is 0 Å². The summed E-state index contributed by atoms with van der Waals surface area (Å²) in [4.78, 5) is 0. The monoisotopic (exact) mass is 275 g/mol. The Hall–Kier alpha value is -1.18. The number of aliphatic hydroxyl groups is 1. The maximum Gasteiger partial charge on any atom is 0.156 e. The number of benzene rings is 1. The van der Waals surface area contributed by atoms with Crippen molar-refractivity contribution in [3.63, 3.8) is 0 Å². The molecule has 7 heteroatoms. The second-order valence-corrected chi connectivity index (χ2v) is 6.41. The first-order valence-electron chi connectivity index (χ1n) is 5.45. The molecule has 0 aromatic heterocycles. The molecule has 1 fully saturated rings. The summed E-state index contributed by atoms with van der Waals surface area (Å²) < 4.78 is 41.1. The van der Waals surface area contributed by atoms with Crippen molar-refractivity contribution in [3.8, 4) is 5.75 Å². The first-order valence-corrected chi connectivity index (χ1v) is 7.27. The van der Waals surface area contributed by atoms with E-state index in [0.717, 1.165) is 0 Å². The highest BCUT2D eigenvalue weighted by atomic mass is 32.2. The van der Waals surface area contributed by atoms with E-state index in [0.29, 0.717) is 11.3 Å². The third kappa shape index (κ3) is 2.80. The molecule has 1 heterocycles. The van der Waals surface area contributed by atoms with Crippen LogP contribution >= 0.6 is 0 Å². The Balaban J connectivity index is 2.20. The van der Waals surface area contributed by atoms with Crippen LogP contribution in [0.25, 0.3) is 0 Å². The van der Waals surface area contributed by atoms with E-state index in [4.69, 9.17) is 10.5 Å². The van der Waals surface area contributed by atoms with Crippen molar-refractivity contribution in [2.24, 2.45) is 5.73 Å². The average Bonchev–Trinajstić information content (AvgIpc) is 2.54. The van der Waals surface area contributed by atoms with Crippen LogP contribution in [-0.2, 0) is 16.4 Å². The van der Waals surface area contributed by atoms with Crippen molar-refractivity contribution in [1.82, 2.24) is 0 Å². The van der Waals surface area contributed by atoms with Gasteiger partial charge in [-0.3, -0.25) is 0 Å². The summed E-state index contributed by atoms with van der Waals surface area (Å²) >= 11 is 0. The quantitative estimate of drug-likeness (QED) is 0.799. The number of halogens is 1. The maximum atomic E-state index is 13.0. The minimum Gasteiger partial charge on any atom is -0.486 e. The number of nitrogens with two attached hydrogens (primary N) is 1. The van der Waals surface area contributed by atoms with Crippen LogP contribution < -0.4 is 10.5 Å². The van der Waals surface area contributed by atoms with Gasteiger partial charge in [0.1, 0.15) is 23.8 Å². The molecule has 1 aliphatic heterocycles. The van der Waals surface area contributed by atoms with Crippen molar-refractivity contribution >= 4 is 9.84 Å². The molecule has 1 aromatic rings. The molecule has 3 N–H and O–H groups in total. The van der Waals surface area contributed by atoms with Crippen LogP contribution in [0, 0.1) is 5.82 Å². The number of rotatable bonds is 3. The van der Waals surface area contributed by atoms with Crippen molar-refractivity contribution in [3.05, 3.63) is 29.6 Å². The molecule has 2 rings (SSSR count). The molecule has 1 aromatic carbocycles. The summed E-state index contributed by atoms with van der Waals surface area (Å²) in [7, 11) is -3.27. The summed E-state index contributed by atoms with van der Waals surface area (Å²) in [6, 6.07) is 3.81. The van der Waals surface area contributed by atoms with Gasteiger partial charge in [-0.15, -0.1) is 0 Å². The average molecular weight is 275 g/mol. The molecule has 0 amide bonds. The number of hydrogen-bond acceptors (Lipinski definition) is 5. The zero-order valence-electron chi connectivity index (χ0n) is 9.54. The molecule has 0 aliphatic carbocycles. The predicted octanol–water partition coefficient (Wildman–Crippen LogP) is -0.179. The van der Waals surface area contributed by atoms with E-state index in [1.807, 2.05) is 0 Å². The Kier molecular flexibility index (Phi) is 3.56. The van der Waals surface area contributed by atoms with Crippen LogP contribution in [-0.4, -0.2) is 37.2 Å². The summed E-state index contributed by atoms with van der Waals surface area (Å²) in [5.41, 5.74) is 5.89. The van der Waals surface area contributed by atoms with Gasteiger partial charge in [0.2, 0.25) is 0 Å². The summed E-state index contributed by atoms with van der Waals surface area (Å²) in [6.07, 6.45) is -1.89. The summed E-state index contributed by atoms with van der Waals surface area (Å²) in [6.45, 7) is 0.0721. The Morgan fingerprint density at radius 3 is 2.72 bits per heavy atom. The van der Waals surface area contributed by atoms with Gasteiger partial charge in [-0.25, -0.2) is 12.8 Å². The smallest absolute Gasteiger partial charge is 0.156 e. The van der Waals surface area contributed by atoms with Gasteiger partial charge in [0.25, 0.3) is 0 Å². The minimum atomic E-state index is -3.27. The lowest BCUT2D eigenvalue weighted by molar-refractivity contribution is 0.0731. The van der Waals surface area contributed by atoms with Crippen LogP contribution in [0.15, 0.2) is 18.2 Å². The Morgan fingerprint density at radius 2 is 2.17 bits per heavy atom.